The fraction of sp³-hybridized carbons (Fsp3) is 0.524. The highest BCUT2D eigenvalue weighted by Crippen LogP contribution is 2.00. The first kappa shape index (κ1) is 21.4. The quantitative estimate of drug-likeness (QED) is 0.582. The Labute approximate surface area is 164 Å². The smallest absolute Gasteiger partial charge is 0.0543 e. The number of nitrogens with one attached hydrogen (secondary N) is 2. The highest BCUT2D eigenvalue weighted by molar-refractivity contribution is 5.96. The zero-order valence-electron chi connectivity index (χ0n) is 16.6. The van der Waals surface area contributed by atoms with Gasteiger partial charge in [0.1, 0.15) is 0 Å². The molecule has 0 radical (unpaired) electrons. The first-order valence-electron chi connectivity index (χ1n) is 9.82. The predicted molar refractivity (Wildman–Crippen MR) is 114 cm³/mol. The minimum absolute atomic E-state index is 0.871. The maximum absolute atomic E-state index is 4.46. The monoisotopic (exact) mass is 370 g/mol. The molecule has 1 saturated heterocycles. The van der Waals surface area contributed by atoms with Gasteiger partial charge in [0.2, 0.25) is 0 Å². The van der Waals surface area contributed by atoms with Crippen LogP contribution in [0.4, 0.5) is 0 Å². The lowest BCUT2D eigenvalue weighted by Crippen LogP contribution is -2.44. The molecule has 1 aromatic rings. The minimum atomic E-state index is 0.871. The van der Waals surface area contributed by atoms with Crippen molar-refractivity contribution in [1.82, 2.24) is 25.4 Å². The van der Waals surface area contributed by atoms with E-state index in [2.05, 4.69) is 49.1 Å². The third-order valence-corrected chi connectivity index (χ3v) is 4.63. The molecule has 1 aliphatic rings. The average molecular weight is 371 g/mol. The Hall–Kier alpha value is -1.86. The van der Waals surface area contributed by atoms with Gasteiger partial charge >= 0.3 is 0 Å². The normalized spacial score (nSPS) is 19.5. The first-order chi connectivity index (χ1) is 13.3. The molecule has 1 aliphatic heterocycles. The summed E-state index contributed by atoms with van der Waals surface area (Å²) >= 11 is 0. The van der Waals surface area contributed by atoms with Gasteiger partial charge < -0.3 is 10.6 Å². The Morgan fingerprint density at radius 2 is 1.78 bits per heavy atom. The number of hydrogen-bond acceptors (Lipinski definition) is 6. The van der Waals surface area contributed by atoms with Crippen molar-refractivity contribution in [2.45, 2.75) is 6.54 Å². The zero-order valence-corrected chi connectivity index (χ0v) is 16.6. The van der Waals surface area contributed by atoms with Gasteiger partial charge in [-0.25, -0.2) is 0 Å². The number of aromatic nitrogens is 1. The lowest BCUT2D eigenvalue weighted by atomic mass is 10.3. The average Bonchev–Trinajstić information content (AvgIpc) is 2.69. The van der Waals surface area contributed by atoms with Crippen molar-refractivity contribution in [1.29, 1.82) is 0 Å². The Bertz CT molecular complexity index is 570. The molecular formula is C21H34N6. The van der Waals surface area contributed by atoms with Gasteiger partial charge in [0.05, 0.1) is 5.69 Å². The molecule has 0 aliphatic carbocycles. The van der Waals surface area contributed by atoms with Gasteiger partial charge in [-0.15, -0.1) is 0 Å². The van der Waals surface area contributed by atoms with Gasteiger partial charge in [0.15, 0.2) is 0 Å². The predicted octanol–water partition coefficient (Wildman–Crippen LogP) is 1.19. The third-order valence-electron chi connectivity index (χ3n) is 4.63. The second-order valence-electron chi connectivity index (χ2n) is 6.68. The van der Waals surface area contributed by atoms with Crippen molar-refractivity contribution < 1.29 is 0 Å². The topological polar surface area (TPSA) is 55.8 Å². The van der Waals surface area contributed by atoms with Gasteiger partial charge in [-0.2, -0.15) is 0 Å². The molecule has 1 aromatic heterocycles. The van der Waals surface area contributed by atoms with E-state index in [0.29, 0.717) is 0 Å². The molecule has 6 nitrogen and oxygen atoms in total. The molecule has 0 atom stereocenters. The SMILES string of the molecule is C=C/C=C\C(CN1CCNCCN(Cc2ccccn2)CCNCC1)=NC. The minimum Gasteiger partial charge on any atom is -0.314 e. The molecule has 0 amide bonds. The van der Waals surface area contributed by atoms with Gasteiger partial charge in [0, 0.05) is 84.4 Å². The zero-order chi connectivity index (χ0) is 19.2. The van der Waals surface area contributed by atoms with E-state index in [1.807, 2.05) is 31.5 Å². The maximum atomic E-state index is 4.46. The molecule has 27 heavy (non-hydrogen) atoms. The van der Waals surface area contributed by atoms with Crippen LogP contribution in [0.15, 0.2) is 54.2 Å². The van der Waals surface area contributed by atoms with Gasteiger partial charge in [-0.3, -0.25) is 19.8 Å². The molecule has 0 aromatic carbocycles. The van der Waals surface area contributed by atoms with Gasteiger partial charge in [-0.05, 0) is 18.2 Å². The van der Waals surface area contributed by atoms with Crippen LogP contribution in [0.25, 0.3) is 0 Å². The Kier molecular flexibility index (Phi) is 10.6. The van der Waals surface area contributed by atoms with Crippen molar-refractivity contribution in [2.24, 2.45) is 4.99 Å². The lowest BCUT2D eigenvalue weighted by molar-refractivity contribution is 0.245. The van der Waals surface area contributed by atoms with E-state index in [9.17, 15) is 0 Å². The standard InChI is InChI=1S/C21H34N6/c1-3-4-7-20(22-2)18-26-14-10-23-12-16-27(17-13-24-11-15-26)19-21-8-5-6-9-25-21/h3-9,23-24H,1,10-19H2,2H3/b7-4-,22-20?. The fourth-order valence-electron chi connectivity index (χ4n) is 3.07. The summed E-state index contributed by atoms with van der Waals surface area (Å²) in [7, 11) is 1.85. The third kappa shape index (κ3) is 9.06. The van der Waals surface area contributed by atoms with Crippen molar-refractivity contribution >= 4 is 5.71 Å². The molecule has 0 saturated carbocycles. The summed E-state index contributed by atoms with van der Waals surface area (Å²) < 4.78 is 0. The molecular weight excluding hydrogens is 336 g/mol. The summed E-state index contributed by atoms with van der Waals surface area (Å²) in [6.45, 7) is 13.6. The van der Waals surface area contributed by atoms with Crippen LogP contribution in [0.3, 0.4) is 0 Å². The van der Waals surface area contributed by atoms with E-state index in [0.717, 1.165) is 76.9 Å². The maximum Gasteiger partial charge on any atom is 0.0543 e. The van der Waals surface area contributed by atoms with E-state index in [-0.39, 0.29) is 0 Å². The molecule has 2 heterocycles. The molecule has 148 valence electrons. The first-order valence-corrected chi connectivity index (χ1v) is 9.82. The lowest BCUT2D eigenvalue weighted by Gasteiger charge is -2.26. The van der Waals surface area contributed by atoms with Crippen LogP contribution in [0, 0.1) is 0 Å². The number of nitrogens with zero attached hydrogens (tertiary/aromatic N) is 4. The highest BCUT2D eigenvalue weighted by Gasteiger charge is 2.10. The van der Waals surface area contributed by atoms with Gasteiger partial charge in [-0.1, -0.05) is 24.8 Å². The van der Waals surface area contributed by atoms with E-state index in [1.54, 1.807) is 6.08 Å². The van der Waals surface area contributed by atoms with Crippen molar-refractivity contribution in [2.75, 3.05) is 66.0 Å². The Morgan fingerprint density at radius 3 is 2.33 bits per heavy atom. The molecule has 0 bridgehead atoms. The number of pyridine rings is 1. The fourth-order valence-corrected chi connectivity index (χ4v) is 3.07. The summed E-state index contributed by atoms with van der Waals surface area (Å²) in [4.78, 5) is 13.8. The number of aliphatic imine (C=N–C) groups is 1. The molecule has 0 spiro atoms. The van der Waals surface area contributed by atoms with Crippen LogP contribution in [-0.2, 0) is 6.54 Å². The summed E-state index contributed by atoms with van der Waals surface area (Å²) in [5, 5.41) is 7.17. The Morgan fingerprint density at radius 1 is 1.11 bits per heavy atom. The second kappa shape index (κ2) is 13.3. The van der Waals surface area contributed by atoms with E-state index >= 15 is 0 Å². The van der Waals surface area contributed by atoms with Gasteiger partial charge in [0.25, 0.3) is 0 Å². The molecule has 1 fully saturated rings. The van der Waals surface area contributed by atoms with E-state index in [4.69, 9.17) is 0 Å². The highest BCUT2D eigenvalue weighted by atomic mass is 15.2. The number of hydrogen-bond donors (Lipinski definition) is 2. The van der Waals surface area contributed by atoms with E-state index in [1.165, 1.54) is 0 Å². The van der Waals surface area contributed by atoms with Crippen molar-refractivity contribution in [3.05, 3.63) is 54.9 Å². The van der Waals surface area contributed by atoms with Crippen molar-refractivity contribution in [3.8, 4) is 0 Å². The summed E-state index contributed by atoms with van der Waals surface area (Å²) in [5.74, 6) is 0. The Balaban J connectivity index is 1.81. The largest absolute Gasteiger partial charge is 0.314 e. The summed E-state index contributed by atoms with van der Waals surface area (Å²) in [6.07, 6.45) is 7.65. The van der Waals surface area contributed by atoms with Crippen LogP contribution in [0.5, 0.6) is 0 Å². The summed E-state index contributed by atoms with van der Waals surface area (Å²) in [5.41, 5.74) is 2.22. The van der Waals surface area contributed by atoms with Crippen LogP contribution in [-0.4, -0.2) is 86.4 Å². The second-order valence-corrected chi connectivity index (χ2v) is 6.68. The molecule has 2 N–H and O–H groups in total. The molecule has 0 unspecified atom stereocenters. The molecule has 6 heteroatoms. The number of allylic oxidation sites excluding steroid dienone is 2. The van der Waals surface area contributed by atoms with Crippen LogP contribution in [0.2, 0.25) is 0 Å². The van der Waals surface area contributed by atoms with Crippen LogP contribution < -0.4 is 10.6 Å². The van der Waals surface area contributed by atoms with E-state index < -0.39 is 0 Å². The van der Waals surface area contributed by atoms with Crippen LogP contribution in [0.1, 0.15) is 5.69 Å². The molecule has 2 rings (SSSR count). The van der Waals surface area contributed by atoms with Crippen molar-refractivity contribution in [3.63, 3.8) is 0 Å². The summed E-state index contributed by atoms with van der Waals surface area (Å²) in [6, 6.07) is 6.13. The van der Waals surface area contributed by atoms with Crippen LogP contribution >= 0.6 is 0 Å². The number of rotatable bonds is 6.